The van der Waals surface area contributed by atoms with Crippen LogP contribution >= 0.6 is 0 Å². The first-order valence-electron chi connectivity index (χ1n) is 8.17. The van der Waals surface area contributed by atoms with E-state index in [0.717, 1.165) is 12.0 Å². The largest absolute Gasteiger partial charge is 0.311 e. The van der Waals surface area contributed by atoms with Crippen molar-refractivity contribution in [2.24, 2.45) is 5.92 Å². The fourth-order valence-corrected chi connectivity index (χ4v) is 4.05. The lowest BCUT2D eigenvalue weighted by atomic mass is 9.75. The van der Waals surface area contributed by atoms with Crippen molar-refractivity contribution in [3.8, 4) is 0 Å². The highest BCUT2D eigenvalue weighted by Gasteiger charge is 2.36. The molecule has 106 valence electrons. The van der Waals surface area contributed by atoms with E-state index in [0.29, 0.717) is 5.54 Å². The van der Waals surface area contributed by atoms with Crippen LogP contribution in [0, 0.1) is 5.92 Å². The van der Waals surface area contributed by atoms with E-state index in [1.165, 1.54) is 64.6 Å². The van der Waals surface area contributed by atoms with Crippen LogP contribution in [0.25, 0.3) is 0 Å². The number of piperidine rings is 1. The summed E-state index contributed by atoms with van der Waals surface area (Å²) < 4.78 is 0. The molecule has 0 spiro atoms. The summed E-state index contributed by atoms with van der Waals surface area (Å²) in [7, 11) is 0. The molecule has 0 aromatic heterocycles. The molecule has 2 nitrogen and oxygen atoms in total. The molecule has 0 radical (unpaired) electrons. The Balaban J connectivity index is 1.89. The maximum atomic E-state index is 3.87. The van der Waals surface area contributed by atoms with E-state index in [-0.39, 0.29) is 0 Å². The molecule has 0 saturated carbocycles. The molecule has 18 heavy (non-hydrogen) atoms. The van der Waals surface area contributed by atoms with E-state index in [9.17, 15) is 0 Å². The third-order valence-corrected chi connectivity index (χ3v) is 5.46. The number of nitrogens with zero attached hydrogens (tertiary/aromatic N) is 1. The van der Waals surface area contributed by atoms with Crippen molar-refractivity contribution in [1.29, 1.82) is 0 Å². The van der Waals surface area contributed by atoms with Gasteiger partial charge in [-0.3, -0.25) is 0 Å². The predicted octanol–water partition coefficient (Wildman–Crippen LogP) is 3.42. The fraction of sp³-hybridized carbons (Fsp3) is 1.00. The van der Waals surface area contributed by atoms with Gasteiger partial charge in [0.15, 0.2) is 0 Å². The van der Waals surface area contributed by atoms with E-state index in [4.69, 9.17) is 0 Å². The van der Waals surface area contributed by atoms with Crippen molar-refractivity contribution in [3.05, 3.63) is 0 Å². The van der Waals surface area contributed by atoms with Crippen molar-refractivity contribution in [3.63, 3.8) is 0 Å². The molecule has 2 heteroatoms. The Morgan fingerprint density at radius 2 is 2.11 bits per heavy atom. The Morgan fingerprint density at radius 1 is 1.28 bits per heavy atom. The summed E-state index contributed by atoms with van der Waals surface area (Å²) in [5.74, 6) is 0.772. The van der Waals surface area contributed by atoms with Crippen LogP contribution in [-0.2, 0) is 0 Å². The lowest BCUT2D eigenvalue weighted by molar-refractivity contribution is 0.146. The van der Waals surface area contributed by atoms with Crippen LogP contribution in [0.5, 0.6) is 0 Å². The minimum absolute atomic E-state index is 0.445. The molecule has 2 rings (SSSR count). The summed E-state index contributed by atoms with van der Waals surface area (Å²) in [6.45, 7) is 10.9. The monoisotopic (exact) mass is 252 g/mol. The third kappa shape index (κ3) is 3.08. The van der Waals surface area contributed by atoms with Crippen LogP contribution in [0.4, 0.5) is 0 Å². The van der Waals surface area contributed by atoms with E-state index in [2.05, 4.69) is 31.0 Å². The van der Waals surface area contributed by atoms with Gasteiger partial charge in [-0.1, -0.05) is 27.2 Å². The predicted molar refractivity (Wildman–Crippen MR) is 78.9 cm³/mol. The maximum absolute atomic E-state index is 3.87. The number of nitrogens with one attached hydrogen (secondary N) is 1. The highest BCUT2D eigenvalue weighted by molar-refractivity contribution is 4.95. The molecule has 0 bridgehead atoms. The lowest BCUT2D eigenvalue weighted by Gasteiger charge is -2.43. The van der Waals surface area contributed by atoms with Gasteiger partial charge in [-0.05, 0) is 64.1 Å². The molecule has 0 aliphatic carbocycles. The molecule has 2 aliphatic heterocycles. The highest BCUT2D eigenvalue weighted by Crippen LogP contribution is 2.34. The van der Waals surface area contributed by atoms with Crippen molar-refractivity contribution < 1.29 is 0 Å². The van der Waals surface area contributed by atoms with Gasteiger partial charge >= 0.3 is 0 Å². The molecular weight excluding hydrogens is 220 g/mol. The molecule has 2 atom stereocenters. The second-order valence-corrected chi connectivity index (χ2v) is 6.66. The van der Waals surface area contributed by atoms with Crippen LogP contribution in [0.1, 0.15) is 65.7 Å². The minimum Gasteiger partial charge on any atom is -0.311 e. The normalized spacial score (nSPS) is 34.3. The first kappa shape index (κ1) is 14.3. The SMILES string of the molecule is CCN1CCCC1CCC1(C(C)C)CCCCN1. The smallest absolute Gasteiger partial charge is 0.0205 e. The second-order valence-electron chi connectivity index (χ2n) is 6.66. The fourth-order valence-electron chi connectivity index (χ4n) is 4.05. The van der Waals surface area contributed by atoms with Gasteiger partial charge in [0, 0.05) is 11.6 Å². The second kappa shape index (κ2) is 6.38. The van der Waals surface area contributed by atoms with E-state index < -0.39 is 0 Å². The average Bonchev–Trinajstić information content (AvgIpc) is 2.84. The Morgan fingerprint density at radius 3 is 2.72 bits per heavy atom. The third-order valence-electron chi connectivity index (χ3n) is 5.46. The number of hydrogen-bond donors (Lipinski definition) is 1. The Hall–Kier alpha value is -0.0800. The quantitative estimate of drug-likeness (QED) is 0.806. The van der Waals surface area contributed by atoms with Gasteiger partial charge < -0.3 is 10.2 Å². The van der Waals surface area contributed by atoms with Gasteiger partial charge in [-0.2, -0.15) is 0 Å². The summed E-state index contributed by atoms with van der Waals surface area (Å²) in [4.78, 5) is 2.69. The summed E-state index contributed by atoms with van der Waals surface area (Å²) in [5, 5.41) is 3.87. The molecule has 0 aromatic carbocycles. The van der Waals surface area contributed by atoms with Gasteiger partial charge in [0.05, 0.1) is 0 Å². The molecule has 0 amide bonds. The average molecular weight is 252 g/mol. The van der Waals surface area contributed by atoms with Gasteiger partial charge in [0.25, 0.3) is 0 Å². The zero-order chi connectivity index (χ0) is 13.0. The van der Waals surface area contributed by atoms with E-state index in [1.807, 2.05) is 0 Å². The van der Waals surface area contributed by atoms with Crippen molar-refractivity contribution in [2.75, 3.05) is 19.6 Å². The van der Waals surface area contributed by atoms with Crippen molar-refractivity contribution >= 4 is 0 Å². The Labute approximate surface area is 114 Å². The summed E-state index contributed by atoms with van der Waals surface area (Å²) in [5.41, 5.74) is 0.445. The number of hydrogen-bond acceptors (Lipinski definition) is 2. The van der Waals surface area contributed by atoms with Crippen LogP contribution in [-0.4, -0.2) is 36.1 Å². The molecule has 2 fully saturated rings. The Bertz CT molecular complexity index is 243. The zero-order valence-electron chi connectivity index (χ0n) is 12.7. The minimum atomic E-state index is 0.445. The maximum Gasteiger partial charge on any atom is 0.0205 e. The molecule has 2 unspecified atom stereocenters. The first-order valence-corrected chi connectivity index (χ1v) is 8.17. The number of likely N-dealkylation sites (tertiary alicyclic amines) is 1. The molecule has 2 heterocycles. The molecule has 0 aromatic rings. The summed E-state index contributed by atoms with van der Waals surface area (Å²) in [6.07, 6.45) is 9.82. The van der Waals surface area contributed by atoms with E-state index in [1.54, 1.807) is 0 Å². The lowest BCUT2D eigenvalue weighted by Crippen LogP contribution is -2.53. The molecule has 2 aliphatic rings. The number of rotatable bonds is 5. The first-order chi connectivity index (χ1) is 8.68. The van der Waals surface area contributed by atoms with Gasteiger partial charge in [0.2, 0.25) is 0 Å². The summed E-state index contributed by atoms with van der Waals surface area (Å²) >= 11 is 0. The standard InChI is InChI=1S/C16H32N2/c1-4-18-13-7-8-15(18)9-11-16(14(2)3)10-5-6-12-17-16/h14-15,17H,4-13H2,1-3H3. The van der Waals surface area contributed by atoms with Crippen molar-refractivity contribution in [1.82, 2.24) is 10.2 Å². The van der Waals surface area contributed by atoms with E-state index >= 15 is 0 Å². The Kier molecular flexibility index (Phi) is 5.08. The summed E-state index contributed by atoms with van der Waals surface area (Å²) in [6, 6.07) is 0.870. The van der Waals surface area contributed by atoms with Crippen LogP contribution in [0.15, 0.2) is 0 Å². The van der Waals surface area contributed by atoms with Crippen LogP contribution in [0.3, 0.4) is 0 Å². The van der Waals surface area contributed by atoms with Crippen LogP contribution in [0.2, 0.25) is 0 Å². The van der Waals surface area contributed by atoms with Crippen LogP contribution < -0.4 is 5.32 Å². The molecule has 2 saturated heterocycles. The zero-order valence-corrected chi connectivity index (χ0v) is 12.7. The van der Waals surface area contributed by atoms with Crippen molar-refractivity contribution in [2.45, 2.75) is 77.3 Å². The topological polar surface area (TPSA) is 15.3 Å². The van der Waals surface area contributed by atoms with Gasteiger partial charge in [-0.15, -0.1) is 0 Å². The van der Waals surface area contributed by atoms with Gasteiger partial charge in [0.1, 0.15) is 0 Å². The highest BCUT2D eigenvalue weighted by atomic mass is 15.2. The van der Waals surface area contributed by atoms with Gasteiger partial charge in [-0.25, -0.2) is 0 Å². The molecule has 1 N–H and O–H groups in total. The molecular formula is C16H32N2.